The molecule has 1 aliphatic rings. The number of imidazole rings is 1. The van der Waals surface area contributed by atoms with E-state index in [1.54, 1.807) is 6.20 Å². The van der Waals surface area contributed by atoms with Gasteiger partial charge >= 0.3 is 6.03 Å². The van der Waals surface area contributed by atoms with Crippen LogP contribution >= 0.6 is 11.8 Å². The van der Waals surface area contributed by atoms with E-state index in [0.717, 1.165) is 23.5 Å². The molecule has 3 rings (SSSR count). The Morgan fingerprint density at radius 1 is 1.40 bits per heavy atom. The van der Waals surface area contributed by atoms with E-state index in [-0.39, 0.29) is 17.7 Å². The molecule has 0 bridgehead atoms. The molecule has 0 unspecified atom stereocenters. The molecule has 7 heteroatoms. The second-order valence-corrected chi connectivity index (χ2v) is 5.56. The molecule has 2 aromatic rings. The molecule has 2 aromatic heterocycles. The minimum absolute atomic E-state index is 0.159. The van der Waals surface area contributed by atoms with Crippen LogP contribution in [0.25, 0.3) is 5.52 Å². The monoisotopic (exact) mass is 290 g/mol. The lowest BCUT2D eigenvalue weighted by molar-refractivity contribution is -0.117. The predicted octanol–water partition coefficient (Wildman–Crippen LogP) is 1.41. The normalized spacial score (nSPS) is 14.2. The van der Waals surface area contributed by atoms with Crippen LogP contribution in [0.2, 0.25) is 0 Å². The Hall–Kier alpha value is -2.02. The molecule has 0 radical (unpaired) electrons. The summed E-state index contributed by atoms with van der Waals surface area (Å²) in [6, 6.07) is 5.61. The van der Waals surface area contributed by atoms with Crippen LogP contribution in [0.15, 0.2) is 35.7 Å². The summed E-state index contributed by atoms with van der Waals surface area (Å²) in [7, 11) is 0. The zero-order valence-corrected chi connectivity index (χ0v) is 11.5. The summed E-state index contributed by atoms with van der Waals surface area (Å²) in [6.45, 7) is 0. The van der Waals surface area contributed by atoms with E-state index in [9.17, 15) is 9.59 Å². The number of amides is 3. The van der Waals surface area contributed by atoms with Crippen LogP contribution in [0.4, 0.5) is 4.79 Å². The first kappa shape index (κ1) is 13.0. The fourth-order valence-electron chi connectivity index (χ4n) is 1.77. The van der Waals surface area contributed by atoms with Crippen molar-refractivity contribution in [2.24, 2.45) is 0 Å². The van der Waals surface area contributed by atoms with Gasteiger partial charge in [-0.3, -0.25) is 14.5 Å². The quantitative estimate of drug-likeness (QED) is 0.835. The van der Waals surface area contributed by atoms with Gasteiger partial charge in [0.2, 0.25) is 5.91 Å². The second kappa shape index (κ2) is 5.54. The fourth-order valence-corrected chi connectivity index (χ4v) is 2.53. The summed E-state index contributed by atoms with van der Waals surface area (Å²) in [5.41, 5.74) is 0.974. The van der Waals surface area contributed by atoms with Gasteiger partial charge in [0.25, 0.3) is 0 Å². The number of thioether (sulfide) groups is 1. The lowest BCUT2D eigenvalue weighted by Crippen LogP contribution is -2.41. The molecule has 0 aromatic carbocycles. The summed E-state index contributed by atoms with van der Waals surface area (Å²) in [5.74, 6) is -0.160. The van der Waals surface area contributed by atoms with Crippen molar-refractivity contribution in [3.63, 3.8) is 0 Å². The number of aromatic nitrogens is 2. The summed E-state index contributed by atoms with van der Waals surface area (Å²) in [5, 5.41) is 5.76. The number of pyridine rings is 1. The minimum Gasteiger partial charge on any atom is -0.335 e. The van der Waals surface area contributed by atoms with Crippen LogP contribution < -0.4 is 10.6 Å². The van der Waals surface area contributed by atoms with E-state index in [0.29, 0.717) is 0 Å². The Labute approximate surface area is 119 Å². The number of nitrogens with one attached hydrogen (secondary N) is 2. The predicted molar refractivity (Wildman–Crippen MR) is 75.6 cm³/mol. The van der Waals surface area contributed by atoms with Gasteiger partial charge in [-0.2, -0.15) is 0 Å². The Balaban J connectivity index is 1.53. The van der Waals surface area contributed by atoms with Gasteiger partial charge in [-0.15, -0.1) is 0 Å². The van der Waals surface area contributed by atoms with Gasteiger partial charge in [0.15, 0.2) is 5.16 Å². The van der Waals surface area contributed by atoms with Crippen LogP contribution in [0, 0.1) is 0 Å². The zero-order valence-electron chi connectivity index (χ0n) is 10.7. The Morgan fingerprint density at radius 3 is 3.05 bits per heavy atom. The number of fused-ring (bicyclic) bond motifs is 1. The Kier molecular flexibility index (Phi) is 3.60. The van der Waals surface area contributed by atoms with E-state index in [1.165, 1.54) is 11.8 Å². The number of nitrogens with zero attached hydrogens (tertiary/aromatic N) is 2. The van der Waals surface area contributed by atoms with Crippen LogP contribution in [-0.4, -0.2) is 33.1 Å². The van der Waals surface area contributed by atoms with Gasteiger partial charge in [-0.25, -0.2) is 9.78 Å². The summed E-state index contributed by atoms with van der Waals surface area (Å²) in [4.78, 5) is 27.3. The highest BCUT2D eigenvalue weighted by Crippen LogP contribution is 2.19. The number of imide groups is 1. The van der Waals surface area contributed by atoms with Gasteiger partial charge < -0.3 is 5.32 Å². The van der Waals surface area contributed by atoms with Crippen LogP contribution in [0.3, 0.4) is 0 Å². The largest absolute Gasteiger partial charge is 0.335 e. The molecular weight excluding hydrogens is 276 g/mol. The summed E-state index contributed by atoms with van der Waals surface area (Å²) >= 11 is 1.30. The van der Waals surface area contributed by atoms with E-state index in [1.807, 2.05) is 28.8 Å². The Bertz CT molecular complexity index is 651. The molecule has 0 atom stereocenters. The molecule has 1 aliphatic carbocycles. The van der Waals surface area contributed by atoms with Crippen molar-refractivity contribution in [1.29, 1.82) is 0 Å². The molecule has 20 heavy (non-hydrogen) atoms. The van der Waals surface area contributed by atoms with E-state index in [4.69, 9.17) is 0 Å². The van der Waals surface area contributed by atoms with Crippen LogP contribution in [0.5, 0.6) is 0 Å². The molecule has 1 fully saturated rings. The lowest BCUT2D eigenvalue weighted by atomic mass is 10.4. The van der Waals surface area contributed by atoms with E-state index >= 15 is 0 Å². The van der Waals surface area contributed by atoms with Crippen molar-refractivity contribution in [1.82, 2.24) is 20.0 Å². The number of urea groups is 1. The van der Waals surface area contributed by atoms with Crippen LogP contribution in [-0.2, 0) is 4.79 Å². The maximum absolute atomic E-state index is 11.7. The van der Waals surface area contributed by atoms with Gasteiger partial charge in [-0.05, 0) is 25.0 Å². The topological polar surface area (TPSA) is 75.5 Å². The molecule has 0 saturated heterocycles. The molecule has 0 aliphatic heterocycles. The molecular formula is C13H14N4O2S. The van der Waals surface area contributed by atoms with Crippen LogP contribution in [0.1, 0.15) is 12.8 Å². The standard InChI is InChI=1S/C13H14N4O2S/c18-11(16-12(19)15-9-4-5-9)8-20-13-14-7-10-3-1-2-6-17(10)13/h1-3,6-7,9H,4-5,8H2,(H2,15,16,18,19). The highest BCUT2D eigenvalue weighted by atomic mass is 32.2. The number of carbonyl (C=O) groups is 2. The SMILES string of the molecule is O=C(CSc1ncc2ccccn12)NC(=O)NC1CC1. The molecule has 1 saturated carbocycles. The van der Waals surface area contributed by atoms with Gasteiger partial charge in [0.1, 0.15) is 0 Å². The molecule has 104 valence electrons. The average molecular weight is 290 g/mol. The van der Waals surface area contributed by atoms with E-state index < -0.39 is 6.03 Å². The van der Waals surface area contributed by atoms with Gasteiger partial charge in [-0.1, -0.05) is 17.8 Å². The highest BCUT2D eigenvalue weighted by Gasteiger charge is 2.23. The third-order valence-electron chi connectivity index (χ3n) is 2.90. The Morgan fingerprint density at radius 2 is 2.25 bits per heavy atom. The van der Waals surface area contributed by atoms with Gasteiger partial charge in [0, 0.05) is 12.2 Å². The van der Waals surface area contributed by atoms with Crippen molar-refractivity contribution in [2.45, 2.75) is 24.0 Å². The smallest absolute Gasteiger partial charge is 0.321 e. The molecule has 6 nitrogen and oxygen atoms in total. The number of hydrogen-bond acceptors (Lipinski definition) is 4. The van der Waals surface area contributed by atoms with Crippen molar-refractivity contribution in [2.75, 3.05) is 5.75 Å². The van der Waals surface area contributed by atoms with E-state index in [2.05, 4.69) is 15.6 Å². The van der Waals surface area contributed by atoms with Crippen molar-refractivity contribution in [3.05, 3.63) is 30.6 Å². The molecule has 3 amide bonds. The fraction of sp³-hybridized carbons (Fsp3) is 0.308. The molecule has 0 spiro atoms. The highest BCUT2D eigenvalue weighted by molar-refractivity contribution is 7.99. The van der Waals surface area contributed by atoms with Gasteiger partial charge in [0.05, 0.1) is 17.5 Å². The first-order valence-corrected chi connectivity index (χ1v) is 7.36. The summed E-state index contributed by atoms with van der Waals surface area (Å²) < 4.78 is 1.90. The third kappa shape index (κ3) is 3.11. The molecule has 2 heterocycles. The first-order chi connectivity index (χ1) is 9.72. The maximum Gasteiger partial charge on any atom is 0.321 e. The summed E-state index contributed by atoms with van der Waals surface area (Å²) in [6.07, 6.45) is 5.63. The number of rotatable bonds is 4. The molecule has 2 N–H and O–H groups in total. The minimum atomic E-state index is -0.411. The second-order valence-electron chi connectivity index (χ2n) is 4.62. The third-order valence-corrected chi connectivity index (χ3v) is 3.87. The van der Waals surface area contributed by atoms with Crippen molar-refractivity contribution < 1.29 is 9.59 Å². The maximum atomic E-state index is 11.7. The number of carbonyl (C=O) groups excluding carboxylic acids is 2. The average Bonchev–Trinajstić information content (AvgIpc) is 3.14. The van der Waals surface area contributed by atoms with Crippen molar-refractivity contribution in [3.8, 4) is 0 Å². The number of hydrogen-bond donors (Lipinski definition) is 2. The van der Waals surface area contributed by atoms with Crippen molar-refractivity contribution >= 4 is 29.2 Å². The lowest BCUT2D eigenvalue weighted by Gasteiger charge is -2.05. The zero-order chi connectivity index (χ0) is 13.9. The first-order valence-electron chi connectivity index (χ1n) is 6.37.